The van der Waals surface area contributed by atoms with Crippen LogP contribution in [-0.4, -0.2) is 23.0 Å². The largest absolute Gasteiger partial charge is 0.463 e. The second-order valence-electron chi connectivity index (χ2n) is 3.72. The Morgan fingerprint density at radius 1 is 1.26 bits per heavy atom. The number of rotatable bonds is 3. The number of hydrogen-bond donors (Lipinski definition) is 0. The second kappa shape index (κ2) is 5.79. The van der Waals surface area contributed by atoms with Crippen molar-refractivity contribution in [1.29, 1.82) is 0 Å². The van der Waals surface area contributed by atoms with Gasteiger partial charge in [-0.2, -0.15) is 4.98 Å². The van der Waals surface area contributed by atoms with Crippen LogP contribution in [0.15, 0.2) is 34.8 Å². The standard InChI is InChI=1S/C13H11BrN2O3/c1-8-6-11(16-12(15-8)13(17)18-2)19-10-5-3-4-9(14)7-10/h3-7H,1-2H3. The minimum atomic E-state index is -0.595. The van der Waals surface area contributed by atoms with Crippen molar-refractivity contribution in [1.82, 2.24) is 9.97 Å². The molecule has 98 valence electrons. The molecule has 0 aliphatic heterocycles. The number of nitrogens with zero attached hydrogens (tertiary/aromatic N) is 2. The van der Waals surface area contributed by atoms with E-state index in [-0.39, 0.29) is 5.82 Å². The number of methoxy groups -OCH3 is 1. The minimum absolute atomic E-state index is 0.0208. The van der Waals surface area contributed by atoms with Crippen molar-refractivity contribution in [3.8, 4) is 11.6 Å². The lowest BCUT2D eigenvalue weighted by molar-refractivity contribution is 0.0585. The summed E-state index contributed by atoms with van der Waals surface area (Å²) in [5.74, 6) is 0.296. The Balaban J connectivity index is 2.30. The van der Waals surface area contributed by atoms with E-state index in [4.69, 9.17) is 4.74 Å². The van der Waals surface area contributed by atoms with Gasteiger partial charge in [-0.1, -0.05) is 22.0 Å². The fourth-order valence-electron chi connectivity index (χ4n) is 1.43. The van der Waals surface area contributed by atoms with Gasteiger partial charge in [-0.15, -0.1) is 0 Å². The number of hydrogen-bond acceptors (Lipinski definition) is 5. The summed E-state index contributed by atoms with van der Waals surface area (Å²) in [4.78, 5) is 19.4. The van der Waals surface area contributed by atoms with E-state index in [2.05, 4.69) is 30.6 Å². The number of halogens is 1. The van der Waals surface area contributed by atoms with Crippen LogP contribution in [0, 0.1) is 6.92 Å². The van der Waals surface area contributed by atoms with Gasteiger partial charge in [-0.25, -0.2) is 9.78 Å². The van der Waals surface area contributed by atoms with E-state index in [9.17, 15) is 4.79 Å². The minimum Gasteiger partial charge on any atom is -0.463 e. The zero-order valence-corrected chi connectivity index (χ0v) is 12.0. The first kappa shape index (κ1) is 13.5. The topological polar surface area (TPSA) is 61.3 Å². The third-order valence-electron chi connectivity index (χ3n) is 2.22. The molecule has 2 aromatic rings. The molecule has 0 radical (unpaired) electrons. The summed E-state index contributed by atoms with van der Waals surface area (Å²) < 4.78 is 11.1. The monoisotopic (exact) mass is 322 g/mol. The van der Waals surface area contributed by atoms with Crippen molar-refractivity contribution in [2.75, 3.05) is 7.11 Å². The van der Waals surface area contributed by atoms with Crippen LogP contribution in [0.4, 0.5) is 0 Å². The molecule has 0 saturated heterocycles. The lowest BCUT2D eigenvalue weighted by Gasteiger charge is -2.07. The average molecular weight is 323 g/mol. The molecule has 19 heavy (non-hydrogen) atoms. The molecular weight excluding hydrogens is 312 g/mol. The van der Waals surface area contributed by atoms with Crippen molar-refractivity contribution in [3.05, 3.63) is 46.3 Å². The van der Waals surface area contributed by atoms with Crippen molar-refractivity contribution in [2.45, 2.75) is 6.92 Å². The van der Waals surface area contributed by atoms with E-state index in [1.54, 1.807) is 25.1 Å². The molecule has 6 heteroatoms. The predicted molar refractivity (Wildman–Crippen MR) is 72.3 cm³/mol. The first-order valence-electron chi connectivity index (χ1n) is 5.46. The molecule has 0 bridgehead atoms. The molecule has 0 saturated carbocycles. The lowest BCUT2D eigenvalue weighted by Crippen LogP contribution is -2.09. The summed E-state index contributed by atoms with van der Waals surface area (Å²) in [6, 6.07) is 8.97. The summed E-state index contributed by atoms with van der Waals surface area (Å²) in [6.07, 6.45) is 0. The van der Waals surface area contributed by atoms with Crippen LogP contribution < -0.4 is 4.74 Å². The van der Waals surface area contributed by atoms with Crippen LogP contribution in [0.2, 0.25) is 0 Å². The van der Waals surface area contributed by atoms with Gasteiger partial charge in [0, 0.05) is 16.2 Å². The number of esters is 1. The van der Waals surface area contributed by atoms with E-state index in [1.165, 1.54) is 7.11 Å². The molecule has 1 heterocycles. The van der Waals surface area contributed by atoms with Gasteiger partial charge in [-0.3, -0.25) is 0 Å². The van der Waals surface area contributed by atoms with E-state index in [1.807, 2.05) is 12.1 Å². The SMILES string of the molecule is COC(=O)c1nc(C)cc(Oc2cccc(Br)c2)n1. The number of aromatic nitrogens is 2. The van der Waals surface area contributed by atoms with Crippen LogP contribution in [0.3, 0.4) is 0 Å². The Bertz CT molecular complexity index is 617. The summed E-state index contributed by atoms with van der Waals surface area (Å²) >= 11 is 3.35. The van der Waals surface area contributed by atoms with E-state index >= 15 is 0 Å². The van der Waals surface area contributed by atoms with Gasteiger partial charge in [0.15, 0.2) is 0 Å². The van der Waals surface area contributed by atoms with Crippen LogP contribution in [0.5, 0.6) is 11.6 Å². The van der Waals surface area contributed by atoms with Gasteiger partial charge >= 0.3 is 5.97 Å². The number of ether oxygens (including phenoxy) is 2. The van der Waals surface area contributed by atoms with Crippen molar-refractivity contribution < 1.29 is 14.3 Å². The normalized spacial score (nSPS) is 10.1. The fraction of sp³-hybridized carbons (Fsp3) is 0.154. The van der Waals surface area contributed by atoms with Crippen molar-refractivity contribution >= 4 is 21.9 Å². The Kier molecular flexibility index (Phi) is 4.11. The fourth-order valence-corrected chi connectivity index (χ4v) is 1.80. The first-order valence-corrected chi connectivity index (χ1v) is 6.25. The smallest absolute Gasteiger partial charge is 0.376 e. The Hall–Kier alpha value is -1.95. The van der Waals surface area contributed by atoms with E-state index in [0.717, 1.165) is 4.47 Å². The molecule has 0 fully saturated rings. The summed E-state index contributed by atoms with van der Waals surface area (Å²) in [6.45, 7) is 1.75. The molecule has 1 aromatic heterocycles. The Morgan fingerprint density at radius 3 is 2.74 bits per heavy atom. The maximum absolute atomic E-state index is 11.4. The van der Waals surface area contributed by atoms with Gasteiger partial charge in [0.2, 0.25) is 11.7 Å². The molecule has 0 aliphatic rings. The zero-order valence-electron chi connectivity index (χ0n) is 10.4. The first-order chi connectivity index (χ1) is 9.08. The quantitative estimate of drug-likeness (QED) is 0.812. The van der Waals surface area contributed by atoms with Gasteiger partial charge < -0.3 is 9.47 Å². The summed E-state index contributed by atoms with van der Waals surface area (Å²) in [5, 5.41) is 0. The van der Waals surface area contributed by atoms with Crippen LogP contribution in [0.25, 0.3) is 0 Å². The number of carbonyl (C=O) groups is 1. The van der Waals surface area contributed by atoms with Crippen molar-refractivity contribution in [3.63, 3.8) is 0 Å². The third-order valence-corrected chi connectivity index (χ3v) is 2.71. The lowest BCUT2D eigenvalue weighted by atomic mass is 10.3. The van der Waals surface area contributed by atoms with Crippen LogP contribution >= 0.6 is 15.9 Å². The van der Waals surface area contributed by atoms with Gasteiger partial charge in [0.05, 0.1) is 7.11 Å². The highest BCUT2D eigenvalue weighted by Crippen LogP contribution is 2.23. The molecule has 2 rings (SSSR count). The maximum atomic E-state index is 11.4. The van der Waals surface area contributed by atoms with E-state index < -0.39 is 5.97 Å². The molecule has 1 aromatic carbocycles. The van der Waals surface area contributed by atoms with Gasteiger partial charge in [-0.05, 0) is 25.1 Å². The van der Waals surface area contributed by atoms with Crippen LogP contribution in [-0.2, 0) is 4.74 Å². The highest BCUT2D eigenvalue weighted by Gasteiger charge is 2.12. The molecule has 0 unspecified atom stereocenters. The highest BCUT2D eigenvalue weighted by molar-refractivity contribution is 9.10. The van der Waals surface area contributed by atoms with Crippen molar-refractivity contribution in [2.24, 2.45) is 0 Å². The van der Waals surface area contributed by atoms with E-state index in [0.29, 0.717) is 17.3 Å². The Labute approximate surface area is 118 Å². The predicted octanol–water partition coefficient (Wildman–Crippen LogP) is 3.13. The van der Waals surface area contributed by atoms with Gasteiger partial charge in [0.25, 0.3) is 0 Å². The second-order valence-corrected chi connectivity index (χ2v) is 4.64. The van der Waals surface area contributed by atoms with Gasteiger partial charge in [0.1, 0.15) is 5.75 Å². The molecule has 5 nitrogen and oxygen atoms in total. The molecule has 0 atom stereocenters. The summed E-state index contributed by atoms with van der Waals surface area (Å²) in [5.41, 5.74) is 0.625. The third kappa shape index (κ3) is 3.51. The zero-order chi connectivity index (χ0) is 13.8. The Morgan fingerprint density at radius 2 is 2.05 bits per heavy atom. The molecule has 0 spiro atoms. The average Bonchev–Trinajstić information content (AvgIpc) is 2.37. The van der Waals surface area contributed by atoms with Crippen LogP contribution in [0.1, 0.15) is 16.3 Å². The number of aryl methyl sites for hydroxylation is 1. The highest BCUT2D eigenvalue weighted by atomic mass is 79.9. The number of benzene rings is 1. The summed E-state index contributed by atoms with van der Waals surface area (Å²) in [7, 11) is 1.28. The molecule has 0 N–H and O–H groups in total. The molecular formula is C13H11BrN2O3. The maximum Gasteiger partial charge on any atom is 0.376 e. The number of carbonyl (C=O) groups excluding carboxylic acids is 1. The molecule has 0 amide bonds. The molecule has 0 aliphatic carbocycles.